The predicted molar refractivity (Wildman–Crippen MR) is 86.5 cm³/mol. The van der Waals surface area contributed by atoms with E-state index in [1.54, 1.807) is 6.26 Å². The number of hydrogen-bond donors (Lipinski definition) is 1. The molecular formula is C16H24N2O4S. The van der Waals surface area contributed by atoms with Gasteiger partial charge in [0.15, 0.2) is 9.84 Å². The first-order valence-corrected chi connectivity index (χ1v) is 10.1. The lowest BCUT2D eigenvalue weighted by Gasteiger charge is -2.30. The number of furan rings is 1. The van der Waals surface area contributed by atoms with Gasteiger partial charge in [-0.1, -0.05) is 0 Å². The van der Waals surface area contributed by atoms with E-state index in [1.807, 2.05) is 12.1 Å². The van der Waals surface area contributed by atoms with Gasteiger partial charge >= 0.3 is 0 Å². The fourth-order valence-electron chi connectivity index (χ4n) is 3.40. The van der Waals surface area contributed by atoms with E-state index in [9.17, 15) is 13.2 Å². The molecule has 23 heavy (non-hydrogen) atoms. The summed E-state index contributed by atoms with van der Waals surface area (Å²) >= 11 is 0. The summed E-state index contributed by atoms with van der Waals surface area (Å²) in [6.07, 6.45) is 4.04. The average molecular weight is 340 g/mol. The molecular weight excluding hydrogens is 316 g/mol. The fraction of sp³-hybridized carbons (Fsp3) is 0.688. The van der Waals surface area contributed by atoms with Gasteiger partial charge in [-0.15, -0.1) is 0 Å². The first kappa shape index (κ1) is 16.5. The van der Waals surface area contributed by atoms with Crippen molar-refractivity contribution in [1.82, 2.24) is 10.2 Å². The molecule has 0 aliphatic carbocycles. The number of nitrogens with one attached hydrogen (secondary N) is 1. The minimum Gasteiger partial charge on any atom is -0.468 e. The molecule has 1 aromatic heterocycles. The third kappa shape index (κ3) is 4.57. The number of piperidine rings is 1. The number of sulfone groups is 1. The molecule has 1 atom stereocenters. The highest BCUT2D eigenvalue weighted by molar-refractivity contribution is 7.91. The van der Waals surface area contributed by atoms with Gasteiger partial charge in [0.2, 0.25) is 5.91 Å². The quantitative estimate of drug-likeness (QED) is 0.866. The Labute approximate surface area is 137 Å². The summed E-state index contributed by atoms with van der Waals surface area (Å²) in [7, 11) is -2.87. The Hall–Kier alpha value is -1.34. The van der Waals surface area contributed by atoms with Crippen LogP contribution < -0.4 is 5.32 Å². The molecule has 0 unspecified atom stereocenters. The Morgan fingerprint density at radius 3 is 2.70 bits per heavy atom. The highest BCUT2D eigenvalue weighted by Gasteiger charge is 2.30. The molecule has 1 amide bonds. The van der Waals surface area contributed by atoms with Gasteiger partial charge in [-0.3, -0.25) is 9.69 Å². The topological polar surface area (TPSA) is 79.6 Å². The van der Waals surface area contributed by atoms with E-state index in [1.165, 1.54) is 0 Å². The maximum atomic E-state index is 12.2. The largest absolute Gasteiger partial charge is 0.468 e. The lowest BCUT2D eigenvalue weighted by atomic mass is 9.95. The van der Waals surface area contributed by atoms with Crippen molar-refractivity contribution in [2.45, 2.75) is 25.8 Å². The molecule has 1 aromatic rings. The van der Waals surface area contributed by atoms with Gasteiger partial charge in [0.1, 0.15) is 5.76 Å². The zero-order valence-corrected chi connectivity index (χ0v) is 14.1. The van der Waals surface area contributed by atoms with Gasteiger partial charge < -0.3 is 9.73 Å². The second-order valence-electron chi connectivity index (χ2n) is 6.64. The highest BCUT2D eigenvalue weighted by Crippen LogP contribution is 2.21. The van der Waals surface area contributed by atoms with Crippen molar-refractivity contribution in [2.75, 3.05) is 31.1 Å². The number of carbonyl (C=O) groups is 1. The lowest BCUT2D eigenvalue weighted by molar-refractivity contribution is -0.126. The maximum Gasteiger partial charge on any atom is 0.223 e. The minimum absolute atomic E-state index is 0.0425. The van der Waals surface area contributed by atoms with E-state index in [-0.39, 0.29) is 29.2 Å². The Morgan fingerprint density at radius 2 is 2.09 bits per heavy atom. The van der Waals surface area contributed by atoms with E-state index in [0.29, 0.717) is 13.0 Å². The zero-order chi connectivity index (χ0) is 16.3. The number of rotatable bonds is 5. The van der Waals surface area contributed by atoms with Gasteiger partial charge in [-0.2, -0.15) is 0 Å². The van der Waals surface area contributed by atoms with Crippen LogP contribution in [0.5, 0.6) is 0 Å². The molecule has 0 radical (unpaired) electrons. The standard InChI is InChI=1S/C16H24N2O4S/c19-16(17-10-13-5-9-23(20,21)12-13)14-3-6-18(7-4-14)11-15-2-1-8-22-15/h1-2,8,13-14H,3-7,9-12H2,(H,17,19)/t13-/m1/s1. The van der Waals surface area contributed by atoms with Crippen LogP contribution in [0.2, 0.25) is 0 Å². The normalized spacial score (nSPS) is 25.5. The third-order valence-electron chi connectivity index (χ3n) is 4.81. The smallest absolute Gasteiger partial charge is 0.223 e. The molecule has 128 valence electrons. The molecule has 1 N–H and O–H groups in total. The fourth-order valence-corrected chi connectivity index (χ4v) is 5.26. The lowest BCUT2D eigenvalue weighted by Crippen LogP contribution is -2.41. The van der Waals surface area contributed by atoms with Crippen LogP contribution in [0.1, 0.15) is 25.0 Å². The van der Waals surface area contributed by atoms with Crippen molar-refractivity contribution in [3.05, 3.63) is 24.2 Å². The summed E-state index contributed by atoms with van der Waals surface area (Å²) in [6.45, 7) is 3.05. The number of hydrogen-bond acceptors (Lipinski definition) is 5. The van der Waals surface area contributed by atoms with Crippen LogP contribution in [-0.2, 0) is 21.2 Å². The highest BCUT2D eigenvalue weighted by atomic mass is 32.2. The molecule has 2 aliphatic heterocycles. The molecule has 2 fully saturated rings. The summed E-state index contributed by atoms with van der Waals surface area (Å²) in [5.41, 5.74) is 0. The predicted octanol–water partition coefficient (Wildman–Crippen LogP) is 1.04. The molecule has 6 nitrogen and oxygen atoms in total. The second kappa shape index (κ2) is 7.05. The Kier molecular flexibility index (Phi) is 5.06. The van der Waals surface area contributed by atoms with Crippen LogP contribution >= 0.6 is 0 Å². The molecule has 0 saturated carbocycles. The maximum absolute atomic E-state index is 12.2. The van der Waals surface area contributed by atoms with E-state index in [2.05, 4.69) is 10.2 Å². The van der Waals surface area contributed by atoms with Gasteiger partial charge in [-0.05, 0) is 50.4 Å². The third-order valence-corrected chi connectivity index (χ3v) is 6.65. The molecule has 2 saturated heterocycles. The van der Waals surface area contributed by atoms with Crippen molar-refractivity contribution in [2.24, 2.45) is 11.8 Å². The van der Waals surface area contributed by atoms with Gasteiger partial charge in [0, 0.05) is 12.5 Å². The average Bonchev–Trinajstić information content (AvgIpc) is 3.15. The van der Waals surface area contributed by atoms with Crippen LogP contribution in [0.25, 0.3) is 0 Å². The number of nitrogens with zero attached hydrogens (tertiary/aromatic N) is 1. The summed E-state index contributed by atoms with van der Waals surface area (Å²) in [5.74, 6) is 1.64. The summed E-state index contributed by atoms with van der Waals surface area (Å²) < 4.78 is 28.2. The first-order valence-electron chi connectivity index (χ1n) is 8.25. The van der Waals surface area contributed by atoms with Crippen LogP contribution in [-0.4, -0.2) is 50.4 Å². The van der Waals surface area contributed by atoms with Crippen molar-refractivity contribution in [3.8, 4) is 0 Å². The van der Waals surface area contributed by atoms with E-state index in [4.69, 9.17) is 4.42 Å². The van der Waals surface area contributed by atoms with Crippen molar-refractivity contribution in [1.29, 1.82) is 0 Å². The van der Waals surface area contributed by atoms with Crippen molar-refractivity contribution >= 4 is 15.7 Å². The van der Waals surface area contributed by atoms with Crippen LogP contribution in [0.15, 0.2) is 22.8 Å². The number of carbonyl (C=O) groups excluding carboxylic acids is 1. The number of likely N-dealkylation sites (tertiary alicyclic amines) is 1. The second-order valence-corrected chi connectivity index (χ2v) is 8.87. The van der Waals surface area contributed by atoms with E-state index < -0.39 is 9.84 Å². The molecule has 0 spiro atoms. The first-order chi connectivity index (χ1) is 11.0. The number of amides is 1. The van der Waals surface area contributed by atoms with Crippen molar-refractivity contribution < 1.29 is 17.6 Å². The Balaban J connectivity index is 1.38. The van der Waals surface area contributed by atoms with Crippen LogP contribution in [0.4, 0.5) is 0 Å². The zero-order valence-electron chi connectivity index (χ0n) is 13.2. The molecule has 7 heteroatoms. The van der Waals surface area contributed by atoms with Gasteiger partial charge in [-0.25, -0.2) is 8.42 Å². The molecule has 3 heterocycles. The van der Waals surface area contributed by atoms with Crippen molar-refractivity contribution in [3.63, 3.8) is 0 Å². The Bertz CT molecular complexity index is 619. The molecule has 3 rings (SSSR count). The van der Waals surface area contributed by atoms with E-state index >= 15 is 0 Å². The van der Waals surface area contributed by atoms with E-state index in [0.717, 1.165) is 38.2 Å². The molecule has 0 bridgehead atoms. The van der Waals surface area contributed by atoms with Gasteiger partial charge in [0.05, 0.1) is 24.3 Å². The molecule has 2 aliphatic rings. The SMILES string of the molecule is O=C(NC[C@H]1CCS(=O)(=O)C1)C1CCN(Cc2ccco2)CC1. The summed E-state index contributed by atoms with van der Waals surface area (Å²) in [6, 6.07) is 3.85. The van der Waals surface area contributed by atoms with Gasteiger partial charge in [0.25, 0.3) is 0 Å². The Morgan fingerprint density at radius 1 is 1.30 bits per heavy atom. The molecule has 0 aromatic carbocycles. The summed E-state index contributed by atoms with van der Waals surface area (Å²) in [5, 5.41) is 2.95. The summed E-state index contributed by atoms with van der Waals surface area (Å²) in [4.78, 5) is 14.5. The monoisotopic (exact) mass is 340 g/mol. The minimum atomic E-state index is -2.87. The van der Waals surface area contributed by atoms with Crippen LogP contribution in [0.3, 0.4) is 0 Å². The van der Waals surface area contributed by atoms with Crippen LogP contribution in [0, 0.1) is 11.8 Å².